The molecule has 3 unspecified atom stereocenters. The summed E-state index contributed by atoms with van der Waals surface area (Å²) in [4.78, 5) is 0. The molecule has 0 aromatic heterocycles. The number of methoxy groups -OCH3 is 7. The molecule has 0 bridgehead atoms. The molecule has 1 aliphatic heterocycles. The van der Waals surface area contributed by atoms with Crippen LogP contribution in [0.5, 0.6) is 0 Å². The highest BCUT2D eigenvalue weighted by Crippen LogP contribution is 2.32. The lowest BCUT2D eigenvalue weighted by molar-refractivity contribution is -0.392. The van der Waals surface area contributed by atoms with Crippen molar-refractivity contribution in [2.24, 2.45) is 5.92 Å². The molecule has 0 saturated carbocycles. The fraction of sp³-hybridized carbons (Fsp3) is 1.00. The van der Waals surface area contributed by atoms with Gasteiger partial charge in [-0.05, 0) is 25.7 Å². The molecular weight excluding hydrogens is 540 g/mol. The van der Waals surface area contributed by atoms with E-state index in [-0.39, 0.29) is 12.0 Å². The lowest BCUT2D eigenvalue weighted by atomic mass is 9.93. The van der Waals surface area contributed by atoms with Crippen LogP contribution in [-0.2, 0) is 42.6 Å². The Morgan fingerprint density at radius 3 is 1.43 bits per heavy atom. The van der Waals surface area contributed by atoms with Crippen LogP contribution in [0.1, 0.15) is 117 Å². The van der Waals surface area contributed by atoms with Crippen LogP contribution in [0.15, 0.2) is 0 Å². The first kappa shape index (κ1) is 41.6. The summed E-state index contributed by atoms with van der Waals surface area (Å²) >= 11 is 0. The monoisotopic (exact) mass is 608 g/mol. The average Bonchev–Trinajstić information content (AvgIpc) is 3.86. The van der Waals surface area contributed by atoms with E-state index in [2.05, 4.69) is 13.8 Å². The predicted molar refractivity (Wildman–Crippen MR) is 168 cm³/mol. The summed E-state index contributed by atoms with van der Waals surface area (Å²) in [7, 11) is 11.3. The molecule has 3 atom stereocenters. The highest BCUT2D eigenvalue weighted by atomic mass is 16.9. The van der Waals surface area contributed by atoms with E-state index in [1.165, 1.54) is 70.6 Å². The molecule has 254 valence electrons. The summed E-state index contributed by atoms with van der Waals surface area (Å²) < 4.78 is 49.0. The lowest BCUT2D eigenvalue weighted by Crippen LogP contribution is -2.48. The molecule has 1 fully saturated rings. The van der Waals surface area contributed by atoms with E-state index in [0.717, 1.165) is 45.3 Å². The number of rotatable bonds is 29. The third kappa shape index (κ3) is 17.2. The summed E-state index contributed by atoms with van der Waals surface area (Å²) in [6.07, 6.45) is 19.2. The SMILES string of the molecule is CCCCCCCCC(CCCOCC1CO1)C(OC)(OC)OC.CCCCCCCCC(OC)C(OC)(OC)OC. The molecule has 1 aliphatic rings. The van der Waals surface area contributed by atoms with Crippen molar-refractivity contribution in [3.8, 4) is 0 Å². The molecular formula is C33H68O9. The quantitative estimate of drug-likeness (QED) is 0.0487. The largest absolute Gasteiger partial charge is 0.379 e. The maximum atomic E-state index is 5.64. The van der Waals surface area contributed by atoms with Crippen LogP contribution in [0, 0.1) is 5.92 Å². The molecule has 0 spiro atoms. The van der Waals surface area contributed by atoms with Crippen LogP contribution in [0.4, 0.5) is 0 Å². The molecule has 0 aliphatic carbocycles. The Hall–Kier alpha value is -0.360. The molecule has 42 heavy (non-hydrogen) atoms. The molecule has 9 heteroatoms. The third-order valence-corrected chi connectivity index (χ3v) is 8.16. The van der Waals surface area contributed by atoms with Crippen LogP contribution in [0.25, 0.3) is 0 Å². The van der Waals surface area contributed by atoms with Crippen molar-refractivity contribution in [3.05, 3.63) is 0 Å². The number of epoxide rings is 1. The van der Waals surface area contributed by atoms with Gasteiger partial charge in [-0.25, -0.2) is 0 Å². The van der Waals surface area contributed by atoms with E-state index >= 15 is 0 Å². The van der Waals surface area contributed by atoms with Gasteiger partial charge in [0.1, 0.15) is 12.2 Å². The van der Waals surface area contributed by atoms with Gasteiger partial charge in [0.2, 0.25) is 0 Å². The van der Waals surface area contributed by atoms with Gasteiger partial charge in [-0.3, -0.25) is 0 Å². The summed E-state index contributed by atoms with van der Waals surface area (Å²) in [5.41, 5.74) is 0. The Kier molecular flexibility index (Phi) is 26.8. The molecule has 0 amide bonds. The third-order valence-electron chi connectivity index (χ3n) is 8.16. The van der Waals surface area contributed by atoms with Crippen molar-refractivity contribution in [2.45, 2.75) is 141 Å². The van der Waals surface area contributed by atoms with E-state index in [4.69, 9.17) is 42.6 Å². The number of ether oxygens (including phenoxy) is 9. The second-order valence-corrected chi connectivity index (χ2v) is 11.1. The maximum Gasteiger partial charge on any atom is 0.310 e. The summed E-state index contributed by atoms with van der Waals surface area (Å²) in [6, 6.07) is 0. The van der Waals surface area contributed by atoms with Crippen LogP contribution >= 0.6 is 0 Å². The first-order valence-corrected chi connectivity index (χ1v) is 16.5. The van der Waals surface area contributed by atoms with Crippen molar-refractivity contribution in [3.63, 3.8) is 0 Å². The topological polar surface area (TPSA) is 86.4 Å². The van der Waals surface area contributed by atoms with Gasteiger partial charge in [-0.1, -0.05) is 90.9 Å². The van der Waals surface area contributed by atoms with E-state index in [9.17, 15) is 0 Å². The van der Waals surface area contributed by atoms with Crippen LogP contribution < -0.4 is 0 Å². The van der Waals surface area contributed by atoms with Gasteiger partial charge in [0.15, 0.2) is 0 Å². The first-order valence-electron chi connectivity index (χ1n) is 16.5. The molecule has 1 rings (SSSR count). The summed E-state index contributed by atoms with van der Waals surface area (Å²) in [5.74, 6) is -1.81. The van der Waals surface area contributed by atoms with Gasteiger partial charge in [0.05, 0.1) is 13.2 Å². The van der Waals surface area contributed by atoms with E-state index in [1.54, 1.807) is 49.8 Å². The number of unbranched alkanes of at least 4 members (excludes halogenated alkanes) is 10. The number of hydrogen-bond donors (Lipinski definition) is 0. The van der Waals surface area contributed by atoms with E-state index in [1.807, 2.05) is 0 Å². The van der Waals surface area contributed by atoms with Crippen LogP contribution in [-0.4, -0.2) is 93.7 Å². The minimum Gasteiger partial charge on any atom is -0.379 e. The Balaban J connectivity index is 0.000000837. The van der Waals surface area contributed by atoms with Crippen molar-refractivity contribution in [1.82, 2.24) is 0 Å². The van der Waals surface area contributed by atoms with Crippen LogP contribution in [0.2, 0.25) is 0 Å². The van der Waals surface area contributed by atoms with Crippen molar-refractivity contribution in [2.75, 3.05) is 69.6 Å². The van der Waals surface area contributed by atoms with Crippen molar-refractivity contribution >= 4 is 0 Å². The fourth-order valence-electron chi connectivity index (χ4n) is 5.42. The first-order chi connectivity index (χ1) is 20.4. The van der Waals surface area contributed by atoms with Crippen molar-refractivity contribution < 1.29 is 42.6 Å². The standard InChI is InChI=1S/C19H38O5.C14H30O4/c1-5-6-7-8-9-10-12-17(19(20-2,21-3)22-4)13-11-14-23-15-18-16-24-18;1-6-7-8-9-10-11-12-13(15-2)14(16-3,17-4)18-5/h17-18H,5-16H2,1-4H3;13H,6-12H2,1-5H3. The Bertz CT molecular complexity index is 549. The normalized spacial score (nSPS) is 16.6. The summed E-state index contributed by atoms with van der Waals surface area (Å²) in [5, 5.41) is 0. The predicted octanol–water partition coefficient (Wildman–Crippen LogP) is 7.49. The zero-order valence-electron chi connectivity index (χ0n) is 28.8. The molecule has 9 nitrogen and oxygen atoms in total. The van der Waals surface area contributed by atoms with Gasteiger partial charge in [0, 0.05) is 62.3 Å². The van der Waals surface area contributed by atoms with E-state index in [0.29, 0.717) is 12.7 Å². The zero-order valence-corrected chi connectivity index (χ0v) is 28.8. The zero-order chi connectivity index (χ0) is 31.5. The summed E-state index contributed by atoms with van der Waals surface area (Å²) in [6.45, 7) is 6.79. The minimum atomic E-state index is -1.09. The smallest absolute Gasteiger partial charge is 0.310 e. The Morgan fingerprint density at radius 1 is 0.571 bits per heavy atom. The fourth-order valence-corrected chi connectivity index (χ4v) is 5.42. The Morgan fingerprint density at radius 2 is 1.00 bits per heavy atom. The van der Waals surface area contributed by atoms with Gasteiger partial charge < -0.3 is 42.6 Å². The number of hydrogen-bond acceptors (Lipinski definition) is 9. The van der Waals surface area contributed by atoms with Gasteiger partial charge >= 0.3 is 5.97 Å². The molecule has 1 saturated heterocycles. The van der Waals surface area contributed by atoms with Gasteiger partial charge in [-0.15, -0.1) is 0 Å². The van der Waals surface area contributed by atoms with Crippen LogP contribution in [0.3, 0.4) is 0 Å². The van der Waals surface area contributed by atoms with Gasteiger partial charge in [-0.2, -0.15) is 0 Å². The Labute approximate surface area is 258 Å². The maximum absolute atomic E-state index is 5.64. The molecule has 0 aromatic rings. The second kappa shape index (κ2) is 27.0. The molecule has 0 N–H and O–H groups in total. The lowest BCUT2D eigenvalue weighted by Gasteiger charge is -2.36. The second-order valence-electron chi connectivity index (χ2n) is 11.1. The molecule has 1 heterocycles. The average molecular weight is 609 g/mol. The highest BCUT2D eigenvalue weighted by Gasteiger charge is 2.40. The molecule has 0 radical (unpaired) electrons. The van der Waals surface area contributed by atoms with Gasteiger partial charge in [0.25, 0.3) is 5.97 Å². The minimum absolute atomic E-state index is 0.205. The van der Waals surface area contributed by atoms with E-state index < -0.39 is 11.9 Å². The van der Waals surface area contributed by atoms with Crippen molar-refractivity contribution in [1.29, 1.82) is 0 Å². The highest BCUT2D eigenvalue weighted by molar-refractivity contribution is 4.73. The molecule has 0 aromatic carbocycles.